The van der Waals surface area contributed by atoms with Crippen LogP contribution in [0, 0.1) is 0 Å². The summed E-state index contributed by atoms with van der Waals surface area (Å²) in [6.45, 7) is 0. The Morgan fingerprint density at radius 1 is 0.548 bits per heavy atom. The molecule has 0 aliphatic carbocycles. The Labute approximate surface area is 179 Å². The SMILES string of the molecule is c1ccc(-c2ncccc2-c2cccc(-c3cccc4c3oc3ccccc34)c2)nc1. The van der Waals surface area contributed by atoms with E-state index in [9.17, 15) is 0 Å². The lowest BCUT2D eigenvalue weighted by molar-refractivity contribution is 0.670. The van der Waals surface area contributed by atoms with E-state index in [4.69, 9.17) is 4.42 Å². The second kappa shape index (κ2) is 7.22. The van der Waals surface area contributed by atoms with Gasteiger partial charge in [0.15, 0.2) is 0 Å². The minimum Gasteiger partial charge on any atom is -0.455 e. The molecule has 0 N–H and O–H groups in total. The summed E-state index contributed by atoms with van der Waals surface area (Å²) in [5, 5.41) is 2.27. The van der Waals surface area contributed by atoms with Crippen LogP contribution in [0.3, 0.4) is 0 Å². The van der Waals surface area contributed by atoms with Crippen LogP contribution in [0.1, 0.15) is 0 Å². The molecular formula is C28H18N2O. The standard InChI is InChI=1S/C28H18N2O/c1-2-15-26-23(10-1)24-12-6-11-22(28(24)31-26)20-9-5-8-19(18-20)21-13-7-17-30-27(21)25-14-3-4-16-29-25/h1-18H. The van der Waals surface area contributed by atoms with Gasteiger partial charge < -0.3 is 4.42 Å². The first-order chi connectivity index (χ1) is 15.4. The molecule has 3 aromatic heterocycles. The first-order valence-corrected chi connectivity index (χ1v) is 10.3. The number of benzene rings is 3. The van der Waals surface area contributed by atoms with Gasteiger partial charge in [0, 0.05) is 34.3 Å². The van der Waals surface area contributed by atoms with Crippen molar-refractivity contribution in [2.24, 2.45) is 0 Å². The fourth-order valence-corrected chi connectivity index (χ4v) is 4.17. The van der Waals surface area contributed by atoms with Crippen LogP contribution in [0.4, 0.5) is 0 Å². The van der Waals surface area contributed by atoms with Crippen molar-refractivity contribution in [1.82, 2.24) is 9.97 Å². The van der Waals surface area contributed by atoms with Crippen molar-refractivity contribution in [2.75, 3.05) is 0 Å². The number of fused-ring (bicyclic) bond motifs is 3. The molecule has 3 nitrogen and oxygen atoms in total. The fourth-order valence-electron chi connectivity index (χ4n) is 4.17. The van der Waals surface area contributed by atoms with Crippen molar-refractivity contribution in [3.8, 4) is 33.6 Å². The molecular weight excluding hydrogens is 380 g/mol. The van der Waals surface area contributed by atoms with Crippen LogP contribution in [-0.4, -0.2) is 9.97 Å². The first-order valence-electron chi connectivity index (χ1n) is 10.3. The summed E-state index contributed by atoms with van der Waals surface area (Å²) in [5.74, 6) is 0. The molecule has 0 atom stereocenters. The van der Waals surface area contributed by atoms with Gasteiger partial charge in [-0.1, -0.05) is 66.7 Å². The Hall–Kier alpha value is -4.24. The topological polar surface area (TPSA) is 38.9 Å². The first kappa shape index (κ1) is 17.6. The molecule has 31 heavy (non-hydrogen) atoms. The van der Waals surface area contributed by atoms with E-state index in [2.05, 4.69) is 64.6 Å². The van der Waals surface area contributed by atoms with Gasteiger partial charge in [-0.2, -0.15) is 0 Å². The van der Waals surface area contributed by atoms with Crippen molar-refractivity contribution in [3.63, 3.8) is 0 Å². The maximum atomic E-state index is 6.25. The summed E-state index contributed by atoms with van der Waals surface area (Å²) in [4.78, 5) is 9.13. The van der Waals surface area contributed by atoms with Crippen LogP contribution in [0.2, 0.25) is 0 Å². The monoisotopic (exact) mass is 398 g/mol. The number of aromatic nitrogens is 2. The summed E-state index contributed by atoms with van der Waals surface area (Å²) in [6, 6.07) is 33.0. The van der Waals surface area contributed by atoms with Crippen molar-refractivity contribution in [3.05, 3.63) is 109 Å². The van der Waals surface area contributed by atoms with E-state index in [-0.39, 0.29) is 0 Å². The molecule has 0 amide bonds. The molecule has 0 fully saturated rings. The van der Waals surface area contributed by atoms with Gasteiger partial charge in [-0.25, -0.2) is 0 Å². The smallest absolute Gasteiger partial charge is 0.143 e. The maximum absolute atomic E-state index is 6.25. The Morgan fingerprint density at radius 3 is 2.19 bits per heavy atom. The number of para-hydroxylation sites is 2. The lowest BCUT2D eigenvalue weighted by Crippen LogP contribution is -1.91. The predicted octanol–water partition coefficient (Wildman–Crippen LogP) is 7.38. The second-order valence-electron chi connectivity index (χ2n) is 7.48. The minimum absolute atomic E-state index is 0.864. The van der Waals surface area contributed by atoms with E-state index in [1.54, 1.807) is 6.20 Å². The van der Waals surface area contributed by atoms with E-state index < -0.39 is 0 Å². The van der Waals surface area contributed by atoms with Crippen LogP contribution in [0.15, 0.2) is 114 Å². The van der Waals surface area contributed by atoms with Crippen molar-refractivity contribution >= 4 is 21.9 Å². The van der Waals surface area contributed by atoms with Gasteiger partial charge in [0.1, 0.15) is 11.2 Å². The molecule has 0 saturated carbocycles. The van der Waals surface area contributed by atoms with Crippen LogP contribution in [-0.2, 0) is 0 Å². The van der Waals surface area contributed by atoms with Gasteiger partial charge in [-0.3, -0.25) is 9.97 Å². The van der Waals surface area contributed by atoms with Crippen molar-refractivity contribution in [1.29, 1.82) is 0 Å². The highest BCUT2D eigenvalue weighted by molar-refractivity contribution is 6.09. The molecule has 0 radical (unpaired) electrons. The van der Waals surface area contributed by atoms with Crippen LogP contribution >= 0.6 is 0 Å². The Kier molecular flexibility index (Phi) is 4.10. The highest BCUT2D eigenvalue weighted by Gasteiger charge is 2.14. The molecule has 3 heteroatoms. The van der Waals surface area contributed by atoms with E-state index >= 15 is 0 Å². The third kappa shape index (κ3) is 2.99. The fraction of sp³-hybridized carbons (Fsp3) is 0. The Bertz CT molecular complexity index is 1530. The highest BCUT2D eigenvalue weighted by Crippen LogP contribution is 2.37. The van der Waals surface area contributed by atoms with Crippen LogP contribution in [0.5, 0.6) is 0 Å². The zero-order chi connectivity index (χ0) is 20.6. The molecule has 3 aromatic carbocycles. The van der Waals surface area contributed by atoms with Gasteiger partial charge in [0.2, 0.25) is 0 Å². The van der Waals surface area contributed by atoms with Gasteiger partial charge in [-0.05, 0) is 41.5 Å². The molecule has 6 rings (SSSR count). The summed E-state index contributed by atoms with van der Waals surface area (Å²) in [6.07, 6.45) is 3.61. The number of furan rings is 1. The highest BCUT2D eigenvalue weighted by atomic mass is 16.3. The average Bonchev–Trinajstić information content (AvgIpc) is 3.24. The third-order valence-corrected chi connectivity index (χ3v) is 5.60. The van der Waals surface area contributed by atoms with Crippen LogP contribution in [0.25, 0.3) is 55.6 Å². The number of nitrogens with zero attached hydrogens (tertiary/aromatic N) is 2. The van der Waals surface area contributed by atoms with Crippen molar-refractivity contribution < 1.29 is 4.42 Å². The summed E-state index contributed by atoms with van der Waals surface area (Å²) < 4.78 is 6.25. The molecule has 3 heterocycles. The number of pyridine rings is 2. The van der Waals surface area contributed by atoms with Gasteiger partial charge in [0.05, 0.1) is 11.4 Å². The average molecular weight is 398 g/mol. The van der Waals surface area contributed by atoms with Gasteiger partial charge >= 0.3 is 0 Å². The zero-order valence-corrected chi connectivity index (χ0v) is 16.7. The molecule has 0 aliphatic heterocycles. The summed E-state index contributed by atoms with van der Waals surface area (Å²) >= 11 is 0. The maximum Gasteiger partial charge on any atom is 0.143 e. The van der Waals surface area contributed by atoms with Crippen molar-refractivity contribution in [2.45, 2.75) is 0 Å². The summed E-state index contributed by atoms with van der Waals surface area (Å²) in [7, 11) is 0. The second-order valence-corrected chi connectivity index (χ2v) is 7.48. The number of rotatable bonds is 3. The normalized spacial score (nSPS) is 11.2. The molecule has 6 aromatic rings. The van der Waals surface area contributed by atoms with E-state index in [1.165, 1.54) is 0 Å². The molecule has 0 unspecified atom stereocenters. The molecule has 146 valence electrons. The molecule has 0 bridgehead atoms. The largest absolute Gasteiger partial charge is 0.455 e. The van der Waals surface area contributed by atoms with E-state index in [0.717, 1.165) is 55.6 Å². The number of hydrogen-bond donors (Lipinski definition) is 0. The Morgan fingerprint density at radius 2 is 1.29 bits per heavy atom. The Balaban J connectivity index is 1.53. The zero-order valence-electron chi connectivity index (χ0n) is 16.7. The minimum atomic E-state index is 0.864. The third-order valence-electron chi connectivity index (χ3n) is 5.60. The molecule has 0 spiro atoms. The van der Waals surface area contributed by atoms with Crippen LogP contribution < -0.4 is 0 Å². The number of hydrogen-bond acceptors (Lipinski definition) is 3. The van der Waals surface area contributed by atoms with E-state index in [0.29, 0.717) is 0 Å². The lowest BCUT2D eigenvalue weighted by atomic mass is 9.96. The lowest BCUT2D eigenvalue weighted by Gasteiger charge is -2.10. The quantitative estimate of drug-likeness (QED) is 0.312. The van der Waals surface area contributed by atoms with Gasteiger partial charge in [-0.15, -0.1) is 0 Å². The van der Waals surface area contributed by atoms with E-state index in [1.807, 2.05) is 48.7 Å². The predicted molar refractivity (Wildman–Crippen MR) is 126 cm³/mol. The van der Waals surface area contributed by atoms with Gasteiger partial charge in [0.25, 0.3) is 0 Å². The molecule has 0 saturated heterocycles. The molecule has 0 aliphatic rings. The summed E-state index contributed by atoms with van der Waals surface area (Å²) in [5.41, 5.74) is 7.91.